The Morgan fingerprint density at radius 3 is 2.80 bits per heavy atom. The molecular weight excluding hydrogens is 254 g/mol. The minimum atomic E-state index is 0.457. The summed E-state index contributed by atoms with van der Waals surface area (Å²) in [6.45, 7) is 7.05. The molecule has 1 aromatic heterocycles. The van der Waals surface area contributed by atoms with Gasteiger partial charge in [0.15, 0.2) is 0 Å². The van der Waals surface area contributed by atoms with Gasteiger partial charge in [-0.05, 0) is 24.6 Å². The second-order valence-corrected chi connectivity index (χ2v) is 5.04. The molecule has 5 heteroatoms. The van der Waals surface area contributed by atoms with Crippen molar-refractivity contribution in [2.75, 3.05) is 13.7 Å². The van der Waals surface area contributed by atoms with Crippen LogP contribution < -0.4 is 10.1 Å². The first-order chi connectivity index (χ1) is 9.60. The second kappa shape index (κ2) is 6.52. The Labute approximate surface area is 119 Å². The number of methoxy groups -OCH3 is 1. The third kappa shape index (κ3) is 3.57. The van der Waals surface area contributed by atoms with Crippen LogP contribution in [0, 0.1) is 6.92 Å². The zero-order chi connectivity index (χ0) is 14.5. The van der Waals surface area contributed by atoms with Crippen LogP contribution in [0.3, 0.4) is 0 Å². The molecule has 0 saturated heterocycles. The Bertz CT molecular complexity index is 564. The van der Waals surface area contributed by atoms with Crippen LogP contribution >= 0.6 is 0 Å². The number of nitrogens with one attached hydrogen (secondary N) is 1. The van der Waals surface area contributed by atoms with E-state index in [2.05, 4.69) is 29.4 Å². The van der Waals surface area contributed by atoms with E-state index in [9.17, 15) is 0 Å². The van der Waals surface area contributed by atoms with Gasteiger partial charge >= 0.3 is 0 Å². The Balaban J connectivity index is 2.08. The number of nitrogens with zero attached hydrogens (tertiary/aromatic N) is 2. The zero-order valence-corrected chi connectivity index (χ0v) is 12.4. The fourth-order valence-corrected chi connectivity index (χ4v) is 1.89. The van der Waals surface area contributed by atoms with Crippen molar-refractivity contribution in [3.63, 3.8) is 0 Å². The summed E-state index contributed by atoms with van der Waals surface area (Å²) in [4.78, 5) is 0. The van der Waals surface area contributed by atoms with Gasteiger partial charge in [-0.3, -0.25) is 0 Å². The smallest absolute Gasteiger partial charge is 0.247 e. The van der Waals surface area contributed by atoms with Crippen molar-refractivity contribution in [2.24, 2.45) is 0 Å². The minimum absolute atomic E-state index is 0.457. The average Bonchev–Trinajstić information content (AvgIpc) is 2.87. The van der Waals surface area contributed by atoms with E-state index in [0.717, 1.165) is 29.8 Å². The first-order valence-electron chi connectivity index (χ1n) is 6.81. The van der Waals surface area contributed by atoms with Crippen LogP contribution in [0.25, 0.3) is 11.5 Å². The highest BCUT2D eigenvalue weighted by Crippen LogP contribution is 2.25. The largest absolute Gasteiger partial charge is 0.496 e. The van der Waals surface area contributed by atoms with Crippen LogP contribution in [0.5, 0.6) is 5.75 Å². The summed E-state index contributed by atoms with van der Waals surface area (Å²) in [5, 5.41) is 11.5. The first-order valence-corrected chi connectivity index (χ1v) is 6.81. The lowest BCUT2D eigenvalue weighted by Gasteiger charge is -2.05. The Morgan fingerprint density at radius 1 is 1.30 bits per heavy atom. The quantitative estimate of drug-likeness (QED) is 0.878. The van der Waals surface area contributed by atoms with Crippen LogP contribution in [0.2, 0.25) is 0 Å². The van der Waals surface area contributed by atoms with Gasteiger partial charge in [0.2, 0.25) is 11.8 Å². The van der Waals surface area contributed by atoms with Crippen molar-refractivity contribution in [2.45, 2.75) is 33.2 Å². The number of ether oxygens (including phenoxy) is 1. The fourth-order valence-electron chi connectivity index (χ4n) is 1.89. The predicted octanol–water partition coefficient (Wildman–Crippen LogP) is 2.59. The first kappa shape index (κ1) is 14.5. The highest BCUT2D eigenvalue weighted by Gasteiger charge is 2.10. The third-order valence-electron chi connectivity index (χ3n) is 3.01. The molecule has 0 aliphatic heterocycles. The van der Waals surface area contributed by atoms with E-state index < -0.39 is 0 Å². The molecule has 0 spiro atoms. The zero-order valence-electron chi connectivity index (χ0n) is 12.4. The normalized spacial score (nSPS) is 11.1. The standard InChI is InChI=1S/C15H21N3O2/c1-10(2)16-8-7-14-17-18-15(20-14)12-6-5-11(3)13(9-12)19-4/h5-6,9-10,16H,7-8H2,1-4H3. The molecule has 0 fully saturated rings. The molecule has 0 saturated carbocycles. The van der Waals surface area contributed by atoms with Crippen molar-refractivity contribution >= 4 is 0 Å². The van der Waals surface area contributed by atoms with Crippen molar-refractivity contribution in [1.29, 1.82) is 0 Å². The molecule has 2 rings (SSSR count). The summed E-state index contributed by atoms with van der Waals surface area (Å²) >= 11 is 0. The lowest BCUT2D eigenvalue weighted by atomic mass is 10.1. The molecule has 0 atom stereocenters. The summed E-state index contributed by atoms with van der Waals surface area (Å²) in [6.07, 6.45) is 0.730. The molecule has 0 amide bonds. The van der Waals surface area contributed by atoms with Crippen LogP contribution in [-0.2, 0) is 6.42 Å². The average molecular weight is 275 g/mol. The van der Waals surface area contributed by atoms with E-state index in [-0.39, 0.29) is 0 Å². The van der Waals surface area contributed by atoms with Crippen LogP contribution in [0.15, 0.2) is 22.6 Å². The molecule has 2 aromatic rings. The van der Waals surface area contributed by atoms with Gasteiger partial charge in [-0.15, -0.1) is 10.2 Å². The van der Waals surface area contributed by atoms with Crippen LogP contribution in [-0.4, -0.2) is 29.9 Å². The monoisotopic (exact) mass is 275 g/mol. The highest BCUT2D eigenvalue weighted by atomic mass is 16.5. The third-order valence-corrected chi connectivity index (χ3v) is 3.01. The number of hydrogen-bond donors (Lipinski definition) is 1. The number of aryl methyl sites for hydroxylation is 1. The maximum absolute atomic E-state index is 5.67. The summed E-state index contributed by atoms with van der Waals surface area (Å²) < 4.78 is 11.0. The van der Waals surface area contributed by atoms with E-state index in [1.54, 1.807) is 7.11 Å². The van der Waals surface area contributed by atoms with Gasteiger partial charge in [0.1, 0.15) is 5.75 Å². The van der Waals surface area contributed by atoms with Crippen molar-refractivity contribution in [1.82, 2.24) is 15.5 Å². The second-order valence-electron chi connectivity index (χ2n) is 5.04. The van der Waals surface area contributed by atoms with Crippen molar-refractivity contribution in [3.8, 4) is 17.2 Å². The Hall–Kier alpha value is -1.88. The van der Waals surface area contributed by atoms with Gasteiger partial charge < -0.3 is 14.5 Å². The summed E-state index contributed by atoms with van der Waals surface area (Å²) in [7, 11) is 1.66. The van der Waals surface area contributed by atoms with Gasteiger partial charge in [-0.2, -0.15) is 0 Å². The topological polar surface area (TPSA) is 60.2 Å². The molecule has 1 aromatic carbocycles. The number of rotatable bonds is 6. The summed E-state index contributed by atoms with van der Waals surface area (Å²) in [5.41, 5.74) is 1.96. The molecule has 1 N–H and O–H groups in total. The van der Waals surface area contributed by atoms with Gasteiger partial charge in [0, 0.05) is 24.6 Å². The molecule has 0 bridgehead atoms. The van der Waals surface area contributed by atoms with Crippen molar-refractivity contribution in [3.05, 3.63) is 29.7 Å². The Morgan fingerprint density at radius 2 is 2.10 bits per heavy atom. The van der Waals surface area contributed by atoms with Crippen LogP contribution in [0.1, 0.15) is 25.3 Å². The molecule has 5 nitrogen and oxygen atoms in total. The molecule has 0 aliphatic rings. The lowest BCUT2D eigenvalue weighted by molar-refractivity contribution is 0.411. The number of aromatic nitrogens is 2. The summed E-state index contributed by atoms with van der Waals surface area (Å²) in [6, 6.07) is 6.32. The van der Waals surface area contributed by atoms with Gasteiger partial charge in [-0.1, -0.05) is 19.9 Å². The maximum atomic E-state index is 5.67. The lowest BCUT2D eigenvalue weighted by Crippen LogP contribution is -2.25. The fraction of sp³-hybridized carbons (Fsp3) is 0.467. The summed E-state index contributed by atoms with van der Waals surface area (Å²) in [5.74, 6) is 2.00. The highest BCUT2D eigenvalue weighted by molar-refractivity contribution is 5.57. The van der Waals surface area contributed by atoms with E-state index in [4.69, 9.17) is 9.15 Å². The van der Waals surface area contributed by atoms with Gasteiger partial charge in [0.05, 0.1) is 7.11 Å². The van der Waals surface area contributed by atoms with Crippen molar-refractivity contribution < 1.29 is 9.15 Å². The van der Waals surface area contributed by atoms with Crippen LogP contribution in [0.4, 0.5) is 0 Å². The molecule has 0 aliphatic carbocycles. The molecular formula is C15H21N3O2. The molecule has 108 valence electrons. The number of benzene rings is 1. The SMILES string of the molecule is COc1cc(-c2nnc(CCNC(C)C)o2)ccc1C. The predicted molar refractivity (Wildman–Crippen MR) is 77.9 cm³/mol. The van der Waals surface area contributed by atoms with Gasteiger partial charge in [0.25, 0.3) is 0 Å². The molecule has 1 heterocycles. The number of hydrogen-bond acceptors (Lipinski definition) is 5. The van der Waals surface area contributed by atoms with E-state index in [1.807, 2.05) is 25.1 Å². The Kier molecular flexibility index (Phi) is 4.74. The molecule has 0 unspecified atom stereocenters. The molecule has 20 heavy (non-hydrogen) atoms. The minimum Gasteiger partial charge on any atom is -0.496 e. The van der Waals surface area contributed by atoms with E-state index in [0.29, 0.717) is 17.8 Å². The van der Waals surface area contributed by atoms with E-state index >= 15 is 0 Å². The molecule has 0 radical (unpaired) electrons. The van der Waals surface area contributed by atoms with E-state index in [1.165, 1.54) is 0 Å². The maximum Gasteiger partial charge on any atom is 0.247 e. The van der Waals surface area contributed by atoms with Gasteiger partial charge in [-0.25, -0.2) is 0 Å².